The van der Waals surface area contributed by atoms with E-state index < -0.39 is 0 Å². The standard InChI is InChI=1S/C15H18N2O2S/c1-9-4-5-10(2)17(9)14-13(15(18)19-3)11-6-7-16-8-12(11)20-14/h4-5,16H,6-8H2,1-3H3. The highest BCUT2D eigenvalue weighted by Gasteiger charge is 2.27. The molecular formula is C15H18N2O2S. The Hall–Kier alpha value is -1.59. The Morgan fingerprint density at radius 3 is 2.70 bits per heavy atom. The summed E-state index contributed by atoms with van der Waals surface area (Å²) in [6.07, 6.45) is 0.885. The molecule has 1 aliphatic rings. The zero-order valence-corrected chi connectivity index (χ0v) is 12.8. The van der Waals surface area contributed by atoms with E-state index in [0.29, 0.717) is 0 Å². The quantitative estimate of drug-likeness (QED) is 0.865. The number of carbonyl (C=O) groups excluding carboxylic acids is 1. The Morgan fingerprint density at radius 1 is 1.35 bits per heavy atom. The molecular weight excluding hydrogens is 272 g/mol. The lowest BCUT2D eigenvalue weighted by Crippen LogP contribution is -2.23. The Kier molecular flexibility index (Phi) is 3.40. The highest BCUT2D eigenvalue weighted by Crippen LogP contribution is 2.36. The molecule has 20 heavy (non-hydrogen) atoms. The van der Waals surface area contributed by atoms with Gasteiger partial charge in [0, 0.05) is 22.8 Å². The van der Waals surface area contributed by atoms with Gasteiger partial charge in [0.15, 0.2) is 0 Å². The van der Waals surface area contributed by atoms with Crippen LogP contribution in [0.3, 0.4) is 0 Å². The Balaban J connectivity index is 2.25. The van der Waals surface area contributed by atoms with Crippen molar-refractivity contribution in [1.82, 2.24) is 9.88 Å². The van der Waals surface area contributed by atoms with Gasteiger partial charge in [-0.05, 0) is 44.5 Å². The van der Waals surface area contributed by atoms with Crippen molar-refractivity contribution in [3.63, 3.8) is 0 Å². The summed E-state index contributed by atoms with van der Waals surface area (Å²) in [7, 11) is 1.45. The molecule has 0 aliphatic carbocycles. The van der Waals surface area contributed by atoms with Crippen LogP contribution >= 0.6 is 11.3 Å². The second kappa shape index (κ2) is 5.07. The van der Waals surface area contributed by atoms with Crippen LogP contribution in [0.4, 0.5) is 0 Å². The van der Waals surface area contributed by atoms with Crippen LogP contribution in [-0.2, 0) is 17.7 Å². The summed E-state index contributed by atoms with van der Waals surface area (Å²) in [4.78, 5) is 13.5. The monoisotopic (exact) mass is 290 g/mol. The Morgan fingerprint density at radius 2 is 2.05 bits per heavy atom. The number of nitrogens with zero attached hydrogens (tertiary/aromatic N) is 1. The fraction of sp³-hybridized carbons (Fsp3) is 0.400. The fourth-order valence-electron chi connectivity index (χ4n) is 2.78. The van der Waals surface area contributed by atoms with E-state index in [1.807, 2.05) is 0 Å². The van der Waals surface area contributed by atoms with Crippen LogP contribution in [0, 0.1) is 13.8 Å². The molecule has 2 aromatic rings. The molecule has 0 saturated carbocycles. The minimum atomic E-state index is -0.230. The van der Waals surface area contributed by atoms with Crippen molar-refractivity contribution in [3.05, 3.63) is 39.5 Å². The van der Waals surface area contributed by atoms with Gasteiger partial charge in [-0.15, -0.1) is 11.3 Å². The maximum absolute atomic E-state index is 12.2. The first-order chi connectivity index (χ1) is 9.63. The summed E-state index contributed by atoms with van der Waals surface area (Å²) >= 11 is 1.69. The number of thiophene rings is 1. The topological polar surface area (TPSA) is 43.3 Å². The van der Waals surface area contributed by atoms with Crippen LogP contribution in [0.2, 0.25) is 0 Å². The number of hydrogen-bond donors (Lipinski definition) is 1. The van der Waals surface area contributed by atoms with Gasteiger partial charge in [0.2, 0.25) is 0 Å². The summed E-state index contributed by atoms with van der Waals surface area (Å²) in [6, 6.07) is 4.15. The first-order valence-corrected chi connectivity index (χ1v) is 7.54. The van der Waals surface area contributed by atoms with Crippen LogP contribution in [0.25, 0.3) is 5.00 Å². The predicted molar refractivity (Wildman–Crippen MR) is 79.9 cm³/mol. The van der Waals surface area contributed by atoms with Crippen molar-refractivity contribution in [2.24, 2.45) is 0 Å². The minimum absolute atomic E-state index is 0.230. The first kappa shape index (κ1) is 13.4. The molecule has 0 radical (unpaired) electrons. The van der Waals surface area contributed by atoms with Crippen LogP contribution in [-0.4, -0.2) is 24.2 Å². The van der Waals surface area contributed by atoms with Gasteiger partial charge in [0.1, 0.15) is 5.00 Å². The molecule has 0 saturated heterocycles. The fourth-order valence-corrected chi connectivity index (χ4v) is 4.20. The largest absolute Gasteiger partial charge is 0.465 e. The molecule has 106 valence electrons. The van der Waals surface area contributed by atoms with Crippen molar-refractivity contribution in [2.45, 2.75) is 26.8 Å². The van der Waals surface area contributed by atoms with Gasteiger partial charge in [-0.2, -0.15) is 0 Å². The number of carbonyl (C=O) groups is 1. The summed E-state index contributed by atoms with van der Waals surface area (Å²) < 4.78 is 7.16. The predicted octanol–water partition coefficient (Wildman–Crippen LogP) is 2.59. The lowest BCUT2D eigenvalue weighted by molar-refractivity contribution is 0.0600. The first-order valence-electron chi connectivity index (χ1n) is 6.72. The van der Waals surface area contributed by atoms with Crippen LogP contribution in [0.1, 0.15) is 32.2 Å². The molecule has 0 amide bonds. The zero-order chi connectivity index (χ0) is 14.3. The van der Waals surface area contributed by atoms with Gasteiger partial charge in [0.25, 0.3) is 0 Å². The van der Waals surface area contributed by atoms with Gasteiger partial charge in [0.05, 0.1) is 12.7 Å². The molecule has 0 unspecified atom stereocenters. The molecule has 0 aromatic carbocycles. The van der Waals surface area contributed by atoms with E-state index in [1.54, 1.807) is 11.3 Å². The second-order valence-electron chi connectivity index (χ2n) is 5.05. The molecule has 0 bridgehead atoms. The van der Waals surface area contributed by atoms with Gasteiger partial charge < -0.3 is 14.6 Å². The molecule has 3 heterocycles. The molecule has 1 N–H and O–H groups in total. The third kappa shape index (κ3) is 1.98. The minimum Gasteiger partial charge on any atom is -0.465 e. The number of hydrogen-bond acceptors (Lipinski definition) is 4. The number of aromatic nitrogens is 1. The SMILES string of the molecule is COC(=O)c1c(-n2c(C)ccc2C)sc2c1CCNC2. The maximum atomic E-state index is 12.2. The van der Waals surface area contributed by atoms with Crippen molar-refractivity contribution in [3.8, 4) is 5.00 Å². The normalized spacial score (nSPS) is 14.2. The van der Waals surface area contributed by atoms with E-state index in [0.717, 1.165) is 47.0 Å². The van der Waals surface area contributed by atoms with E-state index in [4.69, 9.17) is 4.74 Å². The van der Waals surface area contributed by atoms with E-state index in [9.17, 15) is 4.79 Å². The number of aryl methyl sites for hydroxylation is 2. The van der Waals surface area contributed by atoms with Crippen LogP contribution < -0.4 is 5.32 Å². The summed E-state index contributed by atoms with van der Waals surface area (Å²) in [5, 5.41) is 4.35. The number of esters is 1. The lowest BCUT2D eigenvalue weighted by atomic mass is 10.0. The average molecular weight is 290 g/mol. The third-order valence-electron chi connectivity index (χ3n) is 3.77. The highest BCUT2D eigenvalue weighted by molar-refractivity contribution is 7.15. The summed E-state index contributed by atoms with van der Waals surface area (Å²) in [6.45, 7) is 5.87. The maximum Gasteiger partial charge on any atom is 0.341 e. The number of methoxy groups -OCH3 is 1. The van der Waals surface area contributed by atoms with Crippen molar-refractivity contribution < 1.29 is 9.53 Å². The van der Waals surface area contributed by atoms with Crippen molar-refractivity contribution in [1.29, 1.82) is 0 Å². The average Bonchev–Trinajstić information content (AvgIpc) is 2.98. The van der Waals surface area contributed by atoms with Gasteiger partial charge in [-0.3, -0.25) is 0 Å². The molecule has 5 heteroatoms. The molecule has 0 spiro atoms. The Labute approximate surface area is 122 Å². The highest BCUT2D eigenvalue weighted by atomic mass is 32.1. The van der Waals surface area contributed by atoms with Gasteiger partial charge >= 0.3 is 5.97 Å². The molecule has 3 rings (SSSR count). The third-order valence-corrected chi connectivity index (χ3v) is 4.99. The van der Waals surface area contributed by atoms with Crippen molar-refractivity contribution in [2.75, 3.05) is 13.7 Å². The smallest absolute Gasteiger partial charge is 0.341 e. The lowest BCUT2D eigenvalue weighted by Gasteiger charge is -2.13. The summed E-state index contributed by atoms with van der Waals surface area (Å²) in [5.74, 6) is -0.230. The zero-order valence-electron chi connectivity index (χ0n) is 11.9. The van der Waals surface area contributed by atoms with Crippen LogP contribution in [0.15, 0.2) is 12.1 Å². The van der Waals surface area contributed by atoms with Gasteiger partial charge in [-0.25, -0.2) is 4.79 Å². The Bertz CT molecular complexity index is 650. The van der Waals surface area contributed by atoms with E-state index in [-0.39, 0.29) is 5.97 Å². The van der Waals surface area contributed by atoms with E-state index in [2.05, 4.69) is 35.9 Å². The molecule has 0 atom stereocenters. The number of nitrogens with one attached hydrogen (secondary N) is 1. The molecule has 1 aliphatic heterocycles. The summed E-state index contributed by atoms with van der Waals surface area (Å²) in [5.41, 5.74) is 4.18. The number of fused-ring (bicyclic) bond motifs is 1. The van der Waals surface area contributed by atoms with Crippen LogP contribution in [0.5, 0.6) is 0 Å². The molecule has 0 fully saturated rings. The van der Waals surface area contributed by atoms with E-state index in [1.165, 1.54) is 12.0 Å². The molecule has 4 nitrogen and oxygen atoms in total. The number of ether oxygens (including phenoxy) is 1. The molecule has 2 aromatic heterocycles. The van der Waals surface area contributed by atoms with Crippen molar-refractivity contribution >= 4 is 17.3 Å². The number of rotatable bonds is 2. The second-order valence-corrected chi connectivity index (χ2v) is 6.14. The van der Waals surface area contributed by atoms with Gasteiger partial charge in [-0.1, -0.05) is 0 Å². The van der Waals surface area contributed by atoms with E-state index >= 15 is 0 Å².